The Hall–Kier alpha value is -1.42. The number of rotatable bonds is 2. The summed E-state index contributed by atoms with van der Waals surface area (Å²) in [4.78, 5) is 18.5. The van der Waals surface area contributed by atoms with E-state index in [0.717, 1.165) is 25.1 Å². The summed E-state index contributed by atoms with van der Waals surface area (Å²) in [5.41, 5.74) is 7.37. The molecule has 0 aliphatic carbocycles. The van der Waals surface area contributed by atoms with Gasteiger partial charge in [0.05, 0.1) is 5.56 Å². The van der Waals surface area contributed by atoms with Crippen molar-refractivity contribution in [2.24, 2.45) is 11.7 Å². The normalized spacial score (nSPS) is 24.1. The minimum Gasteiger partial charge on any atom is -0.334 e. The van der Waals surface area contributed by atoms with Gasteiger partial charge in [-0.05, 0) is 37.8 Å². The number of aryl methyl sites for hydroxylation is 1. The maximum atomic E-state index is 12.4. The molecule has 0 aromatic carbocycles. The van der Waals surface area contributed by atoms with E-state index in [1.54, 1.807) is 6.20 Å². The zero-order chi connectivity index (χ0) is 13.1. The third-order valence-corrected chi connectivity index (χ3v) is 3.67. The molecule has 4 heteroatoms. The Morgan fingerprint density at radius 3 is 2.94 bits per heavy atom. The van der Waals surface area contributed by atoms with Crippen molar-refractivity contribution in [1.29, 1.82) is 0 Å². The quantitative estimate of drug-likeness (QED) is 0.863. The molecule has 0 bridgehead atoms. The standard InChI is InChI=1S/C14H21N3O/c1-10-5-6-17(13(7-10)8-15)14(18)12-4-3-11(2)16-9-12/h3-4,9-10,13H,5-8,15H2,1-2H3. The van der Waals surface area contributed by atoms with Gasteiger partial charge in [-0.1, -0.05) is 6.92 Å². The van der Waals surface area contributed by atoms with Crippen LogP contribution in [0.1, 0.15) is 35.8 Å². The maximum Gasteiger partial charge on any atom is 0.255 e. The van der Waals surface area contributed by atoms with E-state index < -0.39 is 0 Å². The first-order chi connectivity index (χ1) is 8.61. The van der Waals surface area contributed by atoms with E-state index in [2.05, 4.69) is 11.9 Å². The van der Waals surface area contributed by atoms with Crippen LogP contribution in [0, 0.1) is 12.8 Å². The van der Waals surface area contributed by atoms with Crippen LogP contribution in [0.2, 0.25) is 0 Å². The number of hydrogen-bond donors (Lipinski definition) is 1. The number of carbonyl (C=O) groups is 1. The molecule has 0 saturated carbocycles. The van der Waals surface area contributed by atoms with Crippen LogP contribution in [-0.2, 0) is 0 Å². The summed E-state index contributed by atoms with van der Waals surface area (Å²) in [5, 5.41) is 0. The number of pyridine rings is 1. The van der Waals surface area contributed by atoms with Gasteiger partial charge in [-0.15, -0.1) is 0 Å². The van der Waals surface area contributed by atoms with Gasteiger partial charge in [0.25, 0.3) is 5.91 Å². The summed E-state index contributed by atoms with van der Waals surface area (Å²) >= 11 is 0. The molecule has 1 aromatic heterocycles. The fourth-order valence-corrected chi connectivity index (χ4v) is 2.50. The van der Waals surface area contributed by atoms with Crippen molar-refractivity contribution in [2.45, 2.75) is 32.7 Å². The van der Waals surface area contributed by atoms with E-state index in [1.807, 2.05) is 24.0 Å². The second-order valence-corrected chi connectivity index (χ2v) is 5.21. The number of aromatic nitrogens is 1. The van der Waals surface area contributed by atoms with Crippen molar-refractivity contribution in [3.63, 3.8) is 0 Å². The fourth-order valence-electron chi connectivity index (χ4n) is 2.50. The molecule has 1 aromatic rings. The van der Waals surface area contributed by atoms with E-state index in [1.165, 1.54) is 0 Å². The predicted molar refractivity (Wildman–Crippen MR) is 71.3 cm³/mol. The second kappa shape index (κ2) is 5.48. The van der Waals surface area contributed by atoms with Crippen LogP contribution < -0.4 is 5.73 Å². The van der Waals surface area contributed by atoms with Crippen molar-refractivity contribution in [3.05, 3.63) is 29.6 Å². The molecule has 1 aliphatic rings. The van der Waals surface area contributed by atoms with Crippen LogP contribution >= 0.6 is 0 Å². The Balaban J connectivity index is 2.14. The van der Waals surface area contributed by atoms with Crippen LogP contribution in [-0.4, -0.2) is 34.9 Å². The highest BCUT2D eigenvalue weighted by molar-refractivity contribution is 5.94. The van der Waals surface area contributed by atoms with Crippen LogP contribution in [0.15, 0.2) is 18.3 Å². The van der Waals surface area contributed by atoms with Gasteiger partial charge in [0.15, 0.2) is 0 Å². The molecule has 1 fully saturated rings. The Bertz CT molecular complexity index is 416. The summed E-state index contributed by atoms with van der Waals surface area (Å²) in [6.45, 7) is 5.47. The van der Waals surface area contributed by atoms with E-state index in [-0.39, 0.29) is 11.9 Å². The lowest BCUT2D eigenvalue weighted by molar-refractivity contribution is 0.0573. The summed E-state index contributed by atoms with van der Waals surface area (Å²) in [6.07, 6.45) is 3.71. The van der Waals surface area contributed by atoms with Crippen LogP contribution in [0.5, 0.6) is 0 Å². The molecule has 98 valence electrons. The topological polar surface area (TPSA) is 59.2 Å². The zero-order valence-corrected chi connectivity index (χ0v) is 11.1. The Morgan fingerprint density at radius 1 is 1.56 bits per heavy atom. The van der Waals surface area contributed by atoms with Crippen LogP contribution in [0.25, 0.3) is 0 Å². The lowest BCUT2D eigenvalue weighted by Crippen LogP contribution is -2.49. The van der Waals surface area contributed by atoms with E-state index in [0.29, 0.717) is 18.0 Å². The van der Waals surface area contributed by atoms with Crippen molar-refractivity contribution in [1.82, 2.24) is 9.88 Å². The van der Waals surface area contributed by atoms with Crippen LogP contribution in [0.3, 0.4) is 0 Å². The SMILES string of the molecule is Cc1ccc(C(=O)N2CCC(C)CC2CN)cn1. The summed E-state index contributed by atoms with van der Waals surface area (Å²) in [6, 6.07) is 3.88. The maximum absolute atomic E-state index is 12.4. The summed E-state index contributed by atoms with van der Waals surface area (Å²) < 4.78 is 0. The number of likely N-dealkylation sites (tertiary alicyclic amines) is 1. The minimum absolute atomic E-state index is 0.0600. The third-order valence-electron chi connectivity index (χ3n) is 3.67. The van der Waals surface area contributed by atoms with Crippen molar-refractivity contribution < 1.29 is 4.79 Å². The van der Waals surface area contributed by atoms with Gasteiger partial charge in [-0.3, -0.25) is 9.78 Å². The zero-order valence-electron chi connectivity index (χ0n) is 11.1. The average Bonchev–Trinajstić information content (AvgIpc) is 2.38. The van der Waals surface area contributed by atoms with Gasteiger partial charge in [0, 0.05) is 31.0 Å². The Labute approximate surface area is 108 Å². The van der Waals surface area contributed by atoms with Gasteiger partial charge >= 0.3 is 0 Å². The van der Waals surface area contributed by atoms with Crippen molar-refractivity contribution in [3.8, 4) is 0 Å². The molecule has 0 radical (unpaired) electrons. The molecular weight excluding hydrogens is 226 g/mol. The smallest absolute Gasteiger partial charge is 0.255 e. The molecule has 18 heavy (non-hydrogen) atoms. The number of nitrogens with two attached hydrogens (primary N) is 1. The molecule has 2 N–H and O–H groups in total. The number of nitrogens with zero attached hydrogens (tertiary/aromatic N) is 2. The van der Waals surface area contributed by atoms with Crippen molar-refractivity contribution >= 4 is 5.91 Å². The first-order valence-corrected chi connectivity index (χ1v) is 6.55. The van der Waals surface area contributed by atoms with Gasteiger partial charge in [-0.25, -0.2) is 0 Å². The molecule has 1 aliphatic heterocycles. The highest BCUT2D eigenvalue weighted by Gasteiger charge is 2.29. The number of amides is 1. The molecule has 0 spiro atoms. The second-order valence-electron chi connectivity index (χ2n) is 5.21. The molecule has 4 nitrogen and oxygen atoms in total. The predicted octanol–water partition coefficient (Wildman–Crippen LogP) is 1.59. The van der Waals surface area contributed by atoms with E-state index in [4.69, 9.17) is 5.73 Å². The molecule has 1 saturated heterocycles. The Kier molecular flexibility index (Phi) is 3.97. The average molecular weight is 247 g/mol. The molecule has 2 atom stereocenters. The molecular formula is C14H21N3O. The number of carbonyl (C=O) groups excluding carboxylic acids is 1. The van der Waals surface area contributed by atoms with E-state index >= 15 is 0 Å². The first kappa shape index (κ1) is 13.0. The fraction of sp³-hybridized carbons (Fsp3) is 0.571. The number of piperidine rings is 1. The largest absolute Gasteiger partial charge is 0.334 e. The van der Waals surface area contributed by atoms with E-state index in [9.17, 15) is 4.79 Å². The number of hydrogen-bond acceptors (Lipinski definition) is 3. The van der Waals surface area contributed by atoms with Gasteiger partial charge in [-0.2, -0.15) is 0 Å². The molecule has 1 amide bonds. The van der Waals surface area contributed by atoms with Gasteiger partial charge in [0.1, 0.15) is 0 Å². The lowest BCUT2D eigenvalue weighted by atomic mass is 9.92. The highest BCUT2D eigenvalue weighted by atomic mass is 16.2. The Morgan fingerprint density at radius 2 is 2.33 bits per heavy atom. The highest BCUT2D eigenvalue weighted by Crippen LogP contribution is 2.23. The van der Waals surface area contributed by atoms with Crippen molar-refractivity contribution in [2.75, 3.05) is 13.1 Å². The molecule has 2 heterocycles. The molecule has 2 unspecified atom stereocenters. The third kappa shape index (κ3) is 2.70. The monoisotopic (exact) mass is 247 g/mol. The lowest BCUT2D eigenvalue weighted by Gasteiger charge is -2.38. The molecule has 2 rings (SSSR count). The minimum atomic E-state index is 0.0600. The van der Waals surface area contributed by atoms with Crippen LogP contribution in [0.4, 0.5) is 0 Å². The summed E-state index contributed by atoms with van der Waals surface area (Å²) in [5.74, 6) is 0.712. The first-order valence-electron chi connectivity index (χ1n) is 6.55. The summed E-state index contributed by atoms with van der Waals surface area (Å²) in [7, 11) is 0. The van der Waals surface area contributed by atoms with Gasteiger partial charge < -0.3 is 10.6 Å². The van der Waals surface area contributed by atoms with Gasteiger partial charge in [0.2, 0.25) is 0 Å².